The first-order valence-electron chi connectivity index (χ1n) is 7.16. The number of rotatable bonds is 7. The van der Waals surface area contributed by atoms with Crippen molar-refractivity contribution in [1.82, 2.24) is 0 Å². The fourth-order valence-electron chi connectivity index (χ4n) is 2.25. The SMILES string of the molecule is CCOc1cc(N)cc(NC(CO)Cc2ccccc2)c1. The number of ether oxygens (including phenoxy) is 1. The lowest BCUT2D eigenvalue weighted by atomic mass is 10.1. The minimum Gasteiger partial charge on any atom is -0.494 e. The van der Waals surface area contributed by atoms with Gasteiger partial charge < -0.3 is 20.9 Å². The molecule has 0 bridgehead atoms. The summed E-state index contributed by atoms with van der Waals surface area (Å²) in [5.41, 5.74) is 8.55. The second-order valence-electron chi connectivity index (χ2n) is 4.94. The van der Waals surface area contributed by atoms with Gasteiger partial charge in [-0.25, -0.2) is 0 Å². The number of nitrogen functional groups attached to an aromatic ring is 1. The summed E-state index contributed by atoms with van der Waals surface area (Å²) in [5.74, 6) is 0.733. The smallest absolute Gasteiger partial charge is 0.123 e. The Kier molecular flexibility index (Phi) is 5.46. The van der Waals surface area contributed by atoms with Gasteiger partial charge in [0, 0.05) is 23.5 Å². The summed E-state index contributed by atoms with van der Waals surface area (Å²) in [7, 11) is 0. The van der Waals surface area contributed by atoms with Gasteiger partial charge in [0.2, 0.25) is 0 Å². The Morgan fingerprint density at radius 3 is 2.62 bits per heavy atom. The van der Waals surface area contributed by atoms with Gasteiger partial charge in [0.15, 0.2) is 0 Å². The van der Waals surface area contributed by atoms with Crippen molar-refractivity contribution in [2.24, 2.45) is 0 Å². The molecule has 0 fully saturated rings. The van der Waals surface area contributed by atoms with Crippen LogP contribution in [0.2, 0.25) is 0 Å². The molecule has 2 aromatic carbocycles. The number of hydrogen-bond acceptors (Lipinski definition) is 4. The molecule has 1 unspecified atom stereocenters. The summed E-state index contributed by atoms with van der Waals surface area (Å²) in [4.78, 5) is 0. The zero-order valence-corrected chi connectivity index (χ0v) is 12.3. The number of hydrogen-bond donors (Lipinski definition) is 3. The predicted octanol–water partition coefficient (Wildman–Crippen LogP) is 2.68. The van der Waals surface area contributed by atoms with Gasteiger partial charge in [0.05, 0.1) is 19.3 Å². The quantitative estimate of drug-likeness (QED) is 0.685. The molecule has 0 aliphatic rings. The van der Waals surface area contributed by atoms with Crippen LogP contribution in [-0.4, -0.2) is 24.4 Å². The topological polar surface area (TPSA) is 67.5 Å². The van der Waals surface area contributed by atoms with E-state index in [-0.39, 0.29) is 12.6 Å². The molecule has 112 valence electrons. The number of nitrogens with one attached hydrogen (secondary N) is 1. The van der Waals surface area contributed by atoms with Crippen LogP contribution in [0.25, 0.3) is 0 Å². The van der Waals surface area contributed by atoms with Crippen molar-refractivity contribution < 1.29 is 9.84 Å². The Morgan fingerprint density at radius 1 is 1.19 bits per heavy atom. The fourth-order valence-corrected chi connectivity index (χ4v) is 2.25. The van der Waals surface area contributed by atoms with Gasteiger partial charge in [-0.2, -0.15) is 0 Å². The standard InChI is InChI=1S/C17H22N2O2/c1-2-21-17-10-14(18)9-15(11-17)19-16(12-20)8-13-6-4-3-5-7-13/h3-7,9-11,16,19-20H,2,8,12,18H2,1H3. The molecule has 0 saturated carbocycles. The molecule has 0 saturated heterocycles. The zero-order valence-electron chi connectivity index (χ0n) is 12.3. The second-order valence-corrected chi connectivity index (χ2v) is 4.94. The van der Waals surface area contributed by atoms with Crippen LogP contribution in [0.15, 0.2) is 48.5 Å². The molecule has 4 heteroatoms. The maximum atomic E-state index is 9.57. The van der Waals surface area contributed by atoms with Crippen LogP contribution in [0.1, 0.15) is 12.5 Å². The van der Waals surface area contributed by atoms with Crippen molar-refractivity contribution in [1.29, 1.82) is 0 Å². The summed E-state index contributed by atoms with van der Waals surface area (Å²) < 4.78 is 5.48. The molecule has 1 atom stereocenters. The first kappa shape index (κ1) is 15.2. The van der Waals surface area contributed by atoms with Crippen LogP contribution >= 0.6 is 0 Å². The van der Waals surface area contributed by atoms with Crippen LogP contribution in [0.3, 0.4) is 0 Å². The molecular formula is C17H22N2O2. The average Bonchev–Trinajstić information content (AvgIpc) is 2.47. The molecule has 2 aromatic rings. The summed E-state index contributed by atoms with van der Waals surface area (Å²) in [6, 6.07) is 15.5. The third kappa shape index (κ3) is 4.68. The molecule has 0 spiro atoms. The Balaban J connectivity index is 2.07. The lowest BCUT2D eigenvalue weighted by Gasteiger charge is -2.19. The van der Waals surface area contributed by atoms with E-state index in [0.29, 0.717) is 12.3 Å². The van der Waals surface area contributed by atoms with Crippen molar-refractivity contribution in [2.45, 2.75) is 19.4 Å². The number of nitrogens with two attached hydrogens (primary N) is 1. The highest BCUT2D eigenvalue weighted by Crippen LogP contribution is 2.23. The van der Waals surface area contributed by atoms with Crippen LogP contribution in [0.5, 0.6) is 5.75 Å². The zero-order chi connectivity index (χ0) is 15.1. The number of aliphatic hydroxyl groups excluding tert-OH is 1. The molecular weight excluding hydrogens is 264 g/mol. The lowest BCUT2D eigenvalue weighted by Crippen LogP contribution is -2.26. The van der Waals surface area contributed by atoms with Gasteiger partial charge in [0.1, 0.15) is 5.75 Å². The number of aliphatic hydroxyl groups is 1. The molecule has 4 nitrogen and oxygen atoms in total. The lowest BCUT2D eigenvalue weighted by molar-refractivity contribution is 0.273. The highest BCUT2D eigenvalue weighted by Gasteiger charge is 2.09. The molecule has 0 aliphatic carbocycles. The highest BCUT2D eigenvalue weighted by atomic mass is 16.5. The highest BCUT2D eigenvalue weighted by molar-refractivity contribution is 5.59. The monoisotopic (exact) mass is 286 g/mol. The summed E-state index contributed by atoms with van der Waals surface area (Å²) in [6.07, 6.45) is 0.746. The largest absolute Gasteiger partial charge is 0.494 e. The predicted molar refractivity (Wildman–Crippen MR) is 86.7 cm³/mol. The molecule has 4 N–H and O–H groups in total. The number of benzene rings is 2. The fraction of sp³-hybridized carbons (Fsp3) is 0.294. The van der Waals surface area contributed by atoms with Crippen molar-refractivity contribution in [3.05, 3.63) is 54.1 Å². The third-order valence-corrected chi connectivity index (χ3v) is 3.16. The van der Waals surface area contributed by atoms with E-state index in [4.69, 9.17) is 10.5 Å². The molecule has 0 aliphatic heterocycles. The van der Waals surface area contributed by atoms with Crippen molar-refractivity contribution >= 4 is 11.4 Å². The first-order valence-corrected chi connectivity index (χ1v) is 7.16. The van der Waals surface area contributed by atoms with Crippen LogP contribution in [0.4, 0.5) is 11.4 Å². The van der Waals surface area contributed by atoms with Crippen LogP contribution in [0, 0.1) is 0 Å². The molecule has 2 rings (SSSR count). The van der Waals surface area contributed by atoms with Crippen molar-refractivity contribution in [2.75, 3.05) is 24.3 Å². The van der Waals surface area contributed by atoms with E-state index >= 15 is 0 Å². The molecule has 0 radical (unpaired) electrons. The molecule has 0 amide bonds. The van der Waals surface area contributed by atoms with E-state index < -0.39 is 0 Å². The molecule has 0 aromatic heterocycles. The minimum atomic E-state index is -0.0660. The van der Waals surface area contributed by atoms with E-state index in [1.165, 1.54) is 5.56 Å². The van der Waals surface area contributed by atoms with Gasteiger partial charge in [-0.15, -0.1) is 0 Å². The van der Waals surface area contributed by atoms with E-state index in [2.05, 4.69) is 17.4 Å². The third-order valence-electron chi connectivity index (χ3n) is 3.16. The second kappa shape index (κ2) is 7.55. The van der Waals surface area contributed by atoms with Crippen molar-refractivity contribution in [3.8, 4) is 5.75 Å². The Morgan fingerprint density at radius 2 is 1.95 bits per heavy atom. The summed E-state index contributed by atoms with van der Waals surface area (Å²) in [5, 5.41) is 12.9. The van der Waals surface area contributed by atoms with E-state index in [9.17, 15) is 5.11 Å². The molecule has 21 heavy (non-hydrogen) atoms. The Labute approximate surface area is 125 Å². The van der Waals surface area contributed by atoms with Gasteiger partial charge in [-0.05, 0) is 25.0 Å². The Hall–Kier alpha value is -2.20. The summed E-state index contributed by atoms with van der Waals surface area (Å²) >= 11 is 0. The van der Waals surface area contributed by atoms with Gasteiger partial charge >= 0.3 is 0 Å². The number of anilines is 2. The Bertz CT molecular complexity index is 558. The van der Waals surface area contributed by atoms with E-state index in [1.54, 1.807) is 6.07 Å². The van der Waals surface area contributed by atoms with E-state index in [0.717, 1.165) is 17.9 Å². The van der Waals surface area contributed by atoms with Crippen molar-refractivity contribution in [3.63, 3.8) is 0 Å². The minimum absolute atomic E-state index is 0.0493. The van der Waals surface area contributed by atoms with Crippen LogP contribution in [-0.2, 0) is 6.42 Å². The summed E-state index contributed by atoms with van der Waals surface area (Å²) in [6.45, 7) is 2.58. The van der Waals surface area contributed by atoms with E-state index in [1.807, 2.05) is 37.3 Å². The van der Waals surface area contributed by atoms with Gasteiger partial charge in [-0.1, -0.05) is 30.3 Å². The van der Waals surface area contributed by atoms with Crippen LogP contribution < -0.4 is 15.8 Å². The normalized spacial score (nSPS) is 11.9. The maximum Gasteiger partial charge on any atom is 0.123 e. The maximum absolute atomic E-state index is 9.57. The molecule has 0 heterocycles. The average molecular weight is 286 g/mol. The van der Waals surface area contributed by atoms with Gasteiger partial charge in [0.25, 0.3) is 0 Å². The first-order chi connectivity index (χ1) is 10.2. The van der Waals surface area contributed by atoms with Gasteiger partial charge in [-0.3, -0.25) is 0 Å².